The van der Waals surface area contributed by atoms with Crippen LogP contribution in [0.2, 0.25) is 0 Å². The number of anilines is 1. The van der Waals surface area contributed by atoms with E-state index in [1.807, 2.05) is 32.0 Å². The standard InChI is InChI=1S/C13H14N4/c1-9-4-3-5-11(6-14)13(9)15-7-12-8-16-17-10(12)2/h3-5,8,15H,7H2,1-2H3,(H,16,17). The van der Waals surface area contributed by atoms with Gasteiger partial charge in [-0.3, -0.25) is 5.10 Å². The Morgan fingerprint density at radius 2 is 2.24 bits per heavy atom. The number of aromatic amines is 1. The molecule has 4 nitrogen and oxygen atoms in total. The molecule has 1 aromatic carbocycles. The van der Waals surface area contributed by atoms with E-state index in [0.29, 0.717) is 12.1 Å². The summed E-state index contributed by atoms with van der Waals surface area (Å²) in [6.45, 7) is 4.64. The summed E-state index contributed by atoms with van der Waals surface area (Å²) in [7, 11) is 0. The van der Waals surface area contributed by atoms with Gasteiger partial charge in [-0.2, -0.15) is 10.4 Å². The van der Waals surface area contributed by atoms with Crippen molar-refractivity contribution in [3.05, 3.63) is 46.8 Å². The van der Waals surface area contributed by atoms with Crippen molar-refractivity contribution in [2.24, 2.45) is 0 Å². The van der Waals surface area contributed by atoms with Crippen molar-refractivity contribution >= 4 is 5.69 Å². The fourth-order valence-electron chi connectivity index (χ4n) is 1.73. The summed E-state index contributed by atoms with van der Waals surface area (Å²) >= 11 is 0. The smallest absolute Gasteiger partial charge is 0.101 e. The summed E-state index contributed by atoms with van der Waals surface area (Å²) in [5, 5.41) is 19.2. The Morgan fingerprint density at radius 3 is 2.88 bits per heavy atom. The lowest BCUT2D eigenvalue weighted by Gasteiger charge is -2.10. The van der Waals surface area contributed by atoms with Crippen molar-refractivity contribution in [3.8, 4) is 6.07 Å². The van der Waals surface area contributed by atoms with Gasteiger partial charge < -0.3 is 5.32 Å². The van der Waals surface area contributed by atoms with E-state index in [2.05, 4.69) is 21.6 Å². The van der Waals surface area contributed by atoms with Gasteiger partial charge >= 0.3 is 0 Å². The quantitative estimate of drug-likeness (QED) is 0.845. The van der Waals surface area contributed by atoms with Crippen LogP contribution in [0, 0.1) is 25.2 Å². The molecule has 0 unspecified atom stereocenters. The van der Waals surface area contributed by atoms with Crippen LogP contribution in [0.25, 0.3) is 0 Å². The van der Waals surface area contributed by atoms with Gasteiger partial charge in [0.2, 0.25) is 0 Å². The van der Waals surface area contributed by atoms with E-state index in [1.165, 1.54) is 0 Å². The molecule has 1 aromatic heterocycles. The number of aryl methyl sites for hydroxylation is 2. The first-order valence-electron chi connectivity index (χ1n) is 5.45. The highest BCUT2D eigenvalue weighted by Crippen LogP contribution is 2.20. The van der Waals surface area contributed by atoms with Gasteiger partial charge in [-0.15, -0.1) is 0 Å². The molecule has 0 saturated heterocycles. The van der Waals surface area contributed by atoms with Crippen molar-refractivity contribution in [1.29, 1.82) is 5.26 Å². The fraction of sp³-hybridized carbons (Fsp3) is 0.231. The minimum atomic E-state index is 0.669. The first-order chi connectivity index (χ1) is 8.22. The molecule has 0 aliphatic rings. The zero-order valence-electron chi connectivity index (χ0n) is 9.91. The van der Waals surface area contributed by atoms with Crippen molar-refractivity contribution in [3.63, 3.8) is 0 Å². The molecular weight excluding hydrogens is 212 g/mol. The predicted octanol–water partition coefficient (Wildman–Crippen LogP) is 2.51. The second-order valence-electron chi connectivity index (χ2n) is 3.98. The first-order valence-corrected chi connectivity index (χ1v) is 5.45. The number of nitrogens with one attached hydrogen (secondary N) is 2. The summed E-state index contributed by atoms with van der Waals surface area (Å²) in [5.41, 5.74) is 4.80. The van der Waals surface area contributed by atoms with E-state index in [4.69, 9.17) is 5.26 Å². The molecule has 0 spiro atoms. The van der Waals surface area contributed by atoms with E-state index in [0.717, 1.165) is 22.5 Å². The van der Waals surface area contributed by atoms with Crippen LogP contribution in [0.3, 0.4) is 0 Å². The summed E-state index contributed by atoms with van der Waals surface area (Å²) in [6, 6.07) is 7.89. The molecule has 0 aliphatic heterocycles. The van der Waals surface area contributed by atoms with Gasteiger partial charge in [0.1, 0.15) is 6.07 Å². The summed E-state index contributed by atoms with van der Waals surface area (Å²) < 4.78 is 0. The average Bonchev–Trinajstić information content (AvgIpc) is 2.73. The van der Waals surface area contributed by atoms with Gasteiger partial charge in [0.25, 0.3) is 0 Å². The van der Waals surface area contributed by atoms with Crippen molar-refractivity contribution in [2.75, 3.05) is 5.32 Å². The van der Waals surface area contributed by atoms with Crippen LogP contribution in [-0.4, -0.2) is 10.2 Å². The molecule has 0 saturated carbocycles. The highest BCUT2D eigenvalue weighted by Gasteiger charge is 2.06. The lowest BCUT2D eigenvalue weighted by Crippen LogP contribution is -2.03. The van der Waals surface area contributed by atoms with Gasteiger partial charge in [-0.25, -0.2) is 0 Å². The Morgan fingerprint density at radius 1 is 1.41 bits per heavy atom. The molecule has 1 heterocycles. The fourth-order valence-corrected chi connectivity index (χ4v) is 1.73. The van der Waals surface area contributed by atoms with Gasteiger partial charge in [0.05, 0.1) is 17.4 Å². The number of hydrogen-bond acceptors (Lipinski definition) is 3. The van der Waals surface area contributed by atoms with Crippen LogP contribution >= 0.6 is 0 Å². The van der Waals surface area contributed by atoms with Crippen molar-refractivity contribution < 1.29 is 0 Å². The normalized spacial score (nSPS) is 9.94. The SMILES string of the molecule is Cc1cccc(C#N)c1NCc1cn[nH]c1C. The van der Waals surface area contributed by atoms with Crippen LogP contribution in [-0.2, 0) is 6.54 Å². The van der Waals surface area contributed by atoms with Crippen molar-refractivity contribution in [2.45, 2.75) is 20.4 Å². The molecule has 2 aromatic rings. The van der Waals surface area contributed by atoms with E-state index in [-0.39, 0.29) is 0 Å². The second-order valence-corrected chi connectivity index (χ2v) is 3.98. The highest BCUT2D eigenvalue weighted by molar-refractivity contribution is 5.62. The monoisotopic (exact) mass is 226 g/mol. The van der Waals surface area contributed by atoms with E-state index >= 15 is 0 Å². The third kappa shape index (κ3) is 2.28. The molecule has 0 radical (unpaired) electrons. The Labute approximate surface area is 100 Å². The Bertz CT molecular complexity index is 563. The van der Waals surface area contributed by atoms with Crippen LogP contribution in [0.15, 0.2) is 24.4 Å². The summed E-state index contributed by atoms with van der Waals surface area (Å²) in [5.74, 6) is 0. The summed E-state index contributed by atoms with van der Waals surface area (Å²) in [4.78, 5) is 0. The molecule has 0 fully saturated rings. The minimum Gasteiger partial charge on any atom is -0.380 e. The molecule has 86 valence electrons. The molecular formula is C13H14N4. The number of H-pyrrole nitrogens is 1. The number of nitrogens with zero attached hydrogens (tertiary/aromatic N) is 2. The number of para-hydroxylation sites is 1. The third-order valence-electron chi connectivity index (χ3n) is 2.78. The molecule has 0 atom stereocenters. The first kappa shape index (κ1) is 11.2. The maximum atomic E-state index is 9.05. The van der Waals surface area contributed by atoms with Gasteiger partial charge in [-0.05, 0) is 25.5 Å². The predicted molar refractivity (Wildman–Crippen MR) is 66.5 cm³/mol. The van der Waals surface area contributed by atoms with E-state index < -0.39 is 0 Å². The number of benzene rings is 1. The van der Waals surface area contributed by atoms with Gasteiger partial charge in [-0.1, -0.05) is 12.1 Å². The molecule has 4 heteroatoms. The van der Waals surface area contributed by atoms with Crippen LogP contribution in [0.1, 0.15) is 22.4 Å². The van der Waals surface area contributed by atoms with Crippen molar-refractivity contribution in [1.82, 2.24) is 10.2 Å². The largest absolute Gasteiger partial charge is 0.380 e. The highest BCUT2D eigenvalue weighted by atomic mass is 15.1. The molecule has 2 rings (SSSR count). The van der Waals surface area contributed by atoms with Gasteiger partial charge in [0, 0.05) is 17.8 Å². The van der Waals surface area contributed by atoms with E-state index in [1.54, 1.807) is 6.20 Å². The van der Waals surface area contributed by atoms with Gasteiger partial charge in [0.15, 0.2) is 0 Å². The molecule has 0 aliphatic carbocycles. The second kappa shape index (κ2) is 4.71. The maximum absolute atomic E-state index is 9.05. The Hall–Kier alpha value is -2.28. The maximum Gasteiger partial charge on any atom is 0.101 e. The minimum absolute atomic E-state index is 0.669. The average molecular weight is 226 g/mol. The molecule has 2 N–H and O–H groups in total. The third-order valence-corrected chi connectivity index (χ3v) is 2.78. The topological polar surface area (TPSA) is 64.5 Å². The molecule has 0 bridgehead atoms. The number of rotatable bonds is 3. The lowest BCUT2D eigenvalue weighted by molar-refractivity contribution is 1.04. The Balaban J connectivity index is 2.20. The Kier molecular flexibility index (Phi) is 3.10. The molecule has 0 amide bonds. The molecule has 17 heavy (non-hydrogen) atoms. The number of hydrogen-bond donors (Lipinski definition) is 2. The zero-order chi connectivity index (χ0) is 12.3. The number of aromatic nitrogens is 2. The number of nitriles is 1. The summed E-state index contributed by atoms with van der Waals surface area (Å²) in [6.07, 6.45) is 1.80. The van der Waals surface area contributed by atoms with Crippen LogP contribution in [0.4, 0.5) is 5.69 Å². The lowest BCUT2D eigenvalue weighted by atomic mass is 10.1. The zero-order valence-corrected chi connectivity index (χ0v) is 9.91. The van der Waals surface area contributed by atoms with E-state index in [9.17, 15) is 0 Å². The van der Waals surface area contributed by atoms with Crippen LogP contribution in [0.5, 0.6) is 0 Å². The van der Waals surface area contributed by atoms with Crippen LogP contribution < -0.4 is 5.32 Å².